The fourth-order valence-electron chi connectivity index (χ4n) is 7.72. The molecule has 0 saturated heterocycles. The molecule has 7 atom stereocenters. The fourth-order valence-corrected chi connectivity index (χ4v) is 7.72. The maximum atomic E-state index is 1.67. The smallest absolute Gasteiger partial charge is 0.0321 e. The van der Waals surface area contributed by atoms with E-state index in [4.69, 9.17) is 0 Å². The van der Waals surface area contributed by atoms with E-state index in [0.29, 0.717) is 0 Å². The van der Waals surface area contributed by atoms with Crippen LogP contribution in [0.5, 0.6) is 0 Å². The lowest BCUT2D eigenvalue weighted by atomic mass is 9.63. The van der Waals surface area contributed by atoms with Crippen molar-refractivity contribution in [2.75, 3.05) is 0 Å². The Hall–Kier alpha value is 0. The van der Waals surface area contributed by atoms with Crippen molar-refractivity contribution >= 4 is 0 Å². The van der Waals surface area contributed by atoms with Crippen LogP contribution in [0, 0.1) is 47.3 Å². The molecule has 5 fully saturated rings. The second-order valence-electron chi connectivity index (χ2n) is 8.45. The summed E-state index contributed by atoms with van der Waals surface area (Å²) in [6.45, 7) is 0. The minimum atomic E-state index is 1.16. The van der Waals surface area contributed by atoms with E-state index in [2.05, 4.69) is 0 Å². The molecule has 0 heteroatoms. The number of fused-ring (bicyclic) bond motifs is 9. The first-order valence-electron chi connectivity index (χ1n) is 8.92. The molecule has 0 heterocycles. The van der Waals surface area contributed by atoms with Crippen molar-refractivity contribution in [1.29, 1.82) is 0 Å². The summed E-state index contributed by atoms with van der Waals surface area (Å²) in [5.41, 5.74) is 0. The van der Waals surface area contributed by atoms with Crippen molar-refractivity contribution in [3.63, 3.8) is 0 Å². The first-order valence-corrected chi connectivity index (χ1v) is 8.92. The molecule has 100 valence electrons. The zero-order chi connectivity index (χ0) is 11.7. The van der Waals surface area contributed by atoms with Crippen LogP contribution in [0.15, 0.2) is 0 Å². The van der Waals surface area contributed by atoms with E-state index in [1.54, 1.807) is 57.8 Å². The third-order valence-corrected chi connectivity index (χ3v) is 8.04. The van der Waals surface area contributed by atoms with Gasteiger partial charge in [0, 0.05) is 0 Å². The molecule has 5 saturated carbocycles. The van der Waals surface area contributed by atoms with E-state index in [1.165, 1.54) is 47.8 Å². The molecule has 0 aliphatic heterocycles. The van der Waals surface area contributed by atoms with Crippen molar-refractivity contribution in [1.82, 2.24) is 0 Å². The molecule has 0 spiro atoms. The van der Waals surface area contributed by atoms with E-state index < -0.39 is 0 Å². The van der Waals surface area contributed by atoms with Gasteiger partial charge in [-0.3, -0.25) is 0 Å². The Morgan fingerprint density at radius 3 is 2.00 bits per heavy atom. The first kappa shape index (κ1) is 10.7. The zero-order valence-electron chi connectivity index (χ0n) is 11.7. The zero-order valence-corrected chi connectivity index (χ0v) is 11.7. The summed E-state index contributed by atoms with van der Waals surface area (Å²) in [6.07, 6.45) is 16.1. The van der Waals surface area contributed by atoms with Gasteiger partial charge in [-0.25, -0.2) is 0 Å². The predicted octanol–water partition coefficient (Wildman–Crippen LogP) is 4.89. The highest BCUT2D eigenvalue weighted by Gasteiger charge is 2.62. The third kappa shape index (κ3) is 1.28. The summed E-state index contributed by atoms with van der Waals surface area (Å²) in [6, 6.07) is 0. The number of hydrogen-bond donors (Lipinski definition) is 0. The lowest BCUT2D eigenvalue weighted by molar-refractivity contribution is 0.0640. The third-order valence-electron chi connectivity index (χ3n) is 8.04. The van der Waals surface area contributed by atoms with E-state index in [0.717, 1.165) is 5.92 Å². The summed E-state index contributed by atoms with van der Waals surface area (Å²) < 4.78 is 0. The molecule has 5 aliphatic carbocycles. The molecule has 0 aromatic heterocycles. The van der Waals surface area contributed by atoms with Crippen molar-refractivity contribution in [2.45, 2.75) is 64.2 Å². The maximum Gasteiger partial charge on any atom is -0.0321 e. The number of rotatable bonds is 1. The van der Waals surface area contributed by atoms with E-state index in [1.807, 2.05) is 0 Å². The molecular formula is C18H28. The lowest BCUT2D eigenvalue weighted by Gasteiger charge is -2.42. The van der Waals surface area contributed by atoms with Crippen LogP contribution in [0.1, 0.15) is 64.2 Å². The Labute approximate surface area is 112 Å². The van der Waals surface area contributed by atoms with Gasteiger partial charge < -0.3 is 0 Å². The number of hydrogen-bond acceptors (Lipinski definition) is 0. The normalized spacial score (nSPS) is 58.3. The van der Waals surface area contributed by atoms with Gasteiger partial charge in [0.1, 0.15) is 0 Å². The van der Waals surface area contributed by atoms with Crippen molar-refractivity contribution in [3.8, 4) is 0 Å². The summed E-state index contributed by atoms with van der Waals surface area (Å²) in [5, 5.41) is 0. The van der Waals surface area contributed by atoms with Gasteiger partial charge in [0.15, 0.2) is 0 Å². The standard InChI is InChI=1S/C18H28/c1-2-4-11(5-3-1)15-9-14-10-16(15)18-13-7-6-12(8-13)17(14)18/h11-18H,1-10H2. The molecule has 0 nitrogen and oxygen atoms in total. The quantitative estimate of drug-likeness (QED) is 0.576. The minimum Gasteiger partial charge on any atom is -0.0533 e. The highest BCUT2D eigenvalue weighted by molar-refractivity contribution is 5.11. The minimum absolute atomic E-state index is 1.16. The Morgan fingerprint density at radius 1 is 0.444 bits per heavy atom. The van der Waals surface area contributed by atoms with E-state index >= 15 is 0 Å². The molecular weight excluding hydrogens is 216 g/mol. The first-order chi connectivity index (χ1) is 8.92. The molecule has 0 N–H and O–H groups in total. The van der Waals surface area contributed by atoms with Gasteiger partial charge in [-0.1, -0.05) is 32.1 Å². The highest BCUT2D eigenvalue weighted by Crippen LogP contribution is 2.70. The maximum absolute atomic E-state index is 1.67. The molecule has 0 aromatic rings. The van der Waals surface area contributed by atoms with Crippen LogP contribution in [0.4, 0.5) is 0 Å². The Bertz CT molecular complexity index is 340. The fraction of sp³-hybridized carbons (Fsp3) is 1.00. The van der Waals surface area contributed by atoms with Crippen molar-refractivity contribution < 1.29 is 0 Å². The monoisotopic (exact) mass is 244 g/mol. The van der Waals surface area contributed by atoms with Crippen LogP contribution in [-0.2, 0) is 0 Å². The van der Waals surface area contributed by atoms with Gasteiger partial charge in [0.25, 0.3) is 0 Å². The van der Waals surface area contributed by atoms with Gasteiger partial charge >= 0.3 is 0 Å². The van der Waals surface area contributed by atoms with Crippen LogP contribution in [0.3, 0.4) is 0 Å². The van der Waals surface area contributed by atoms with Crippen LogP contribution >= 0.6 is 0 Å². The van der Waals surface area contributed by atoms with E-state index in [-0.39, 0.29) is 0 Å². The summed E-state index contributed by atoms with van der Waals surface area (Å²) in [5.74, 6) is 9.61. The Kier molecular flexibility index (Phi) is 2.25. The average molecular weight is 244 g/mol. The SMILES string of the molecule is C1CCC(C2CC3CC2C2C4CCC(C4)C32)CC1. The summed E-state index contributed by atoms with van der Waals surface area (Å²) >= 11 is 0. The van der Waals surface area contributed by atoms with Gasteiger partial charge in [0.2, 0.25) is 0 Å². The van der Waals surface area contributed by atoms with Crippen LogP contribution in [0.25, 0.3) is 0 Å². The van der Waals surface area contributed by atoms with Crippen molar-refractivity contribution in [2.24, 2.45) is 47.3 Å². The van der Waals surface area contributed by atoms with Gasteiger partial charge in [0.05, 0.1) is 0 Å². The molecule has 5 aliphatic rings. The van der Waals surface area contributed by atoms with Crippen LogP contribution < -0.4 is 0 Å². The molecule has 0 amide bonds. The second kappa shape index (κ2) is 3.76. The van der Waals surface area contributed by atoms with Crippen molar-refractivity contribution in [3.05, 3.63) is 0 Å². The van der Waals surface area contributed by atoms with Gasteiger partial charge in [-0.2, -0.15) is 0 Å². The Morgan fingerprint density at radius 2 is 1.17 bits per heavy atom. The molecule has 5 rings (SSSR count). The molecule has 0 aromatic carbocycles. The largest absolute Gasteiger partial charge is 0.0533 e. The predicted molar refractivity (Wildman–Crippen MR) is 74.1 cm³/mol. The van der Waals surface area contributed by atoms with Gasteiger partial charge in [-0.05, 0) is 79.4 Å². The second-order valence-corrected chi connectivity index (χ2v) is 8.45. The summed E-state index contributed by atoms with van der Waals surface area (Å²) in [7, 11) is 0. The molecule has 7 unspecified atom stereocenters. The molecule has 18 heavy (non-hydrogen) atoms. The highest BCUT2D eigenvalue weighted by atomic mass is 14.7. The molecule has 4 bridgehead atoms. The lowest BCUT2D eigenvalue weighted by Crippen LogP contribution is -2.36. The summed E-state index contributed by atoms with van der Waals surface area (Å²) in [4.78, 5) is 0. The van der Waals surface area contributed by atoms with Gasteiger partial charge in [-0.15, -0.1) is 0 Å². The Balaban J connectivity index is 1.40. The van der Waals surface area contributed by atoms with Crippen LogP contribution in [0.2, 0.25) is 0 Å². The topological polar surface area (TPSA) is 0 Å². The van der Waals surface area contributed by atoms with Crippen LogP contribution in [-0.4, -0.2) is 0 Å². The van der Waals surface area contributed by atoms with E-state index in [9.17, 15) is 0 Å². The molecule has 0 radical (unpaired) electrons. The average Bonchev–Trinajstić information content (AvgIpc) is 3.17.